The summed E-state index contributed by atoms with van der Waals surface area (Å²) in [6.07, 6.45) is 3.38. The van der Waals surface area contributed by atoms with Crippen LogP contribution in [-0.4, -0.2) is 10.1 Å². The van der Waals surface area contributed by atoms with Crippen LogP contribution in [0.3, 0.4) is 0 Å². The molecule has 1 aromatic carbocycles. The number of halogens is 1. The third-order valence-corrected chi connectivity index (χ3v) is 3.98. The van der Waals surface area contributed by atoms with Gasteiger partial charge in [-0.1, -0.05) is 13.3 Å². The Morgan fingerprint density at radius 1 is 1.28 bits per heavy atom. The minimum atomic E-state index is 0.358. The first kappa shape index (κ1) is 13.3. The maximum absolute atomic E-state index is 10.3. The quantitative estimate of drug-likeness (QED) is 0.894. The molecule has 1 aromatic heterocycles. The topological polar surface area (TPSA) is 33.1 Å². The second kappa shape index (κ2) is 5.27. The Morgan fingerprint density at radius 3 is 2.67 bits per heavy atom. The second-order valence-corrected chi connectivity index (χ2v) is 5.60. The predicted molar refractivity (Wildman–Crippen MR) is 79.2 cm³/mol. The first-order valence-electron chi connectivity index (χ1n) is 6.33. The van der Waals surface area contributed by atoms with Gasteiger partial charge in [-0.2, -0.15) is 0 Å². The summed E-state index contributed by atoms with van der Waals surface area (Å²) in [5, 5.41) is 11.1. The average molecular weight is 308 g/mol. The van der Waals surface area contributed by atoms with E-state index in [-0.39, 0.29) is 0 Å². The molecule has 0 spiro atoms. The number of hydrogen-bond acceptors (Lipinski definition) is 2. The van der Waals surface area contributed by atoms with Crippen LogP contribution in [0.5, 0.6) is 5.75 Å². The summed E-state index contributed by atoms with van der Waals surface area (Å²) in [5.41, 5.74) is 3.83. The fraction of sp³-hybridized carbons (Fsp3) is 0.400. The number of aryl methyl sites for hydroxylation is 2. The number of unbranched alkanes of at least 4 members (excludes halogenated alkanes) is 1. The van der Waals surface area contributed by atoms with Crippen molar-refractivity contribution in [3.05, 3.63) is 33.4 Å². The van der Waals surface area contributed by atoms with Gasteiger partial charge in [-0.15, -0.1) is 0 Å². The maximum atomic E-state index is 10.3. The van der Waals surface area contributed by atoms with E-state index in [9.17, 15) is 5.11 Å². The lowest BCUT2D eigenvalue weighted by Gasteiger charge is -2.10. The van der Waals surface area contributed by atoms with Crippen LogP contribution in [0.1, 0.15) is 36.6 Å². The van der Waals surface area contributed by atoms with Crippen molar-refractivity contribution >= 4 is 26.8 Å². The van der Waals surface area contributed by atoms with Gasteiger partial charge in [0.15, 0.2) is 0 Å². The molecule has 2 aromatic rings. The van der Waals surface area contributed by atoms with E-state index in [1.54, 1.807) is 0 Å². The number of fused-ring (bicyclic) bond motifs is 1. The minimum Gasteiger partial charge on any atom is -0.507 e. The van der Waals surface area contributed by atoms with E-state index in [2.05, 4.69) is 40.0 Å². The van der Waals surface area contributed by atoms with Crippen LogP contribution in [0.2, 0.25) is 0 Å². The highest BCUT2D eigenvalue weighted by Gasteiger charge is 2.11. The Hall–Kier alpha value is -1.09. The molecule has 96 valence electrons. The van der Waals surface area contributed by atoms with Gasteiger partial charge >= 0.3 is 0 Å². The minimum absolute atomic E-state index is 0.358. The molecule has 0 aliphatic heterocycles. The van der Waals surface area contributed by atoms with Gasteiger partial charge in [-0.3, -0.25) is 4.98 Å². The molecule has 2 nitrogen and oxygen atoms in total. The van der Waals surface area contributed by atoms with E-state index in [1.807, 2.05) is 13.8 Å². The lowest BCUT2D eigenvalue weighted by molar-refractivity contribution is 0.476. The van der Waals surface area contributed by atoms with Crippen molar-refractivity contribution in [1.82, 2.24) is 4.98 Å². The van der Waals surface area contributed by atoms with Gasteiger partial charge in [-0.25, -0.2) is 0 Å². The van der Waals surface area contributed by atoms with E-state index in [1.165, 1.54) is 12.0 Å². The van der Waals surface area contributed by atoms with E-state index in [0.29, 0.717) is 5.75 Å². The standard InChI is InChI=1S/C15H18BrNO/c1-4-5-6-11-7-12-14(13(16)8-11)17-10(3)9(2)15(12)18/h7-8H,4-6H2,1-3H3,(H,17,18). The van der Waals surface area contributed by atoms with Crippen molar-refractivity contribution in [2.45, 2.75) is 40.0 Å². The summed E-state index contributed by atoms with van der Waals surface area (Å²) in [6, 6.07) is 4.17. The van der Waals surface area contributed by atoms with Crippen LogP contribution in [-0.2, 0) is 6.42 Å². The van der Waals surface area contributed by atoms with Gasteiger partial charge in [-0.05, 0) is 60.3 Å². The fourth-order valence-electron chi connectivity index (χ4n) is 2.10. The van der Waals surface area contributed by atoms with Gasteiger partial charge in [0.05, 0.1) is 5.52 Å². The fourth-order valence-corrected chi connectivity index (χ4v) is 2.70. The molecular formula is C15H18BrNO. The molecule has 0 saturated carbocycles. The van der Waals surface area contributed by atoms with Crippen molar-refractivity contribution in [3.63, 3.8) is 0 Å². The molecule has 0 fully saturated rings. The normalized spacial score (nSPS) is 11.1. The Morgan fingerprint density at radius 2 is 2.00 bits per heavy atom. The zero-order valence-electron chi connectivity index (χ0n) is 11.0. The highest BCUT2D eigenvalue weighted by molar-refractivity contribution is 9.10. The largest absolute Gasteiger partial charge is 0.507 e. The molecule has 2 rings (SSSR count). The lowest BCUT2D eigenvalue weighted by atomic mass is 10.0. The van der Waals surface area contributed by atoms with Gasteiger partial charge in [0, 0.05) is 21.1 Å². The Bertz CT molecular complexity index is 593. The van der Waals surface area contributed by atoms with Crippen LogP contribution >= 0.6 is 15.9 Å². The summed E-state index contributed by atoms with van der Waals surface area (Å²) in [6.45, 7) is 6.01. The third kappa shape index (κ3) is 2.37. The van der Waals surface area contributed by atoms with Crippen molar-refractivity contribution in [3.8, 4) is 5.75 Å². The molecule has 0 aliphatic rings. The number of rotatable bonds is 3. The number of nitrogens with zero attached hydrogens (tertiary/aromatic N) is 1. The van der Waals surface area contributed by atoms with E-state index >= 15 is 0 Å². The van der Waals surface area contributed by atoms with Gasteiger partial charge in [0.1, 0.15) is 5.75 Å². The Kier molecular flexibility index (Phi) is 3.91. The predicted octanol–water partition coefficient (Wildman–Crippen LogP) is 4.66. The molecule has 1 N–H and O–H groups in total. The van der Waals surface area contributed by atoms with E-state index < -0.39 is 0 Å². The van der Waals surface area contributed by atoms with E-state index in [0.717, 1.165) is 39.5 Å². The molecule has 0 amide bonds. The molecule has 0 aliphatic carbocycles. The number of aromatic nitrogens is 1. The molecular weight excluding hydrogens is 290 g/mol. The molecule has 0 bridgehead atoms. The first-order valence-corrected chi connectivity index (χ1v) is 7.12. The van der Waals surface area contributed by atoms with Crippen molar-refractivity contribution in [1.29, 1.82) is 0 Å². The molecule has 0 atom stereocenters. The van der Waals surface area contributed by atoms with Crippen molar-refractivity contribution in [2.24, 2.45) is 0 Å². The molecule has 0 radical (unpaired) electrons. The Labute approximate surface area is 116 Å². The number of aromatic hydroxyl groups is 1. The maximum Gasteiger partial charge on any atom is 0.129 e. The molecule has 18 heavy (non-hydrogen) atoms. The smallest absolute Gasteiger partial charge is 0.129 e. The highest BCUT2D eigenvalue weighted by Crippen LogP contribution is 2.34. The van der Waals surface area contributed by atoms with Crippen LogP contribution in [0.4, 0.5) is 0 Å². The third-order valence-electron chi connectivity index (χ3n) is 3.37. The van der Waals surface area contributed by atoms with Crippen LogP contribution in [0.25, 0.3) is 10.9 Å². The Balaban J connectivity index is 2.64. The van der Waals surface area contributed by atoms with Crippen molar-refractivity contribution in [2.75, 3.05) is 0 Å². The SMILES string of the molecule is CCCCc1cc(Br)c2nc(C)c(C)c(O)c2c1. The monoisotopic (exact) mass is 307 g/mol. The summed E-state index contributed by atoms with van der Waals surface area (Å²) in [5.74, 6) is 0.358. The van der Waals surface area contributed by atoms with Gasteiger partial charge in [0.2, 0.25) is 0 Å². The van der Waals surface area contributed by atoms with Crippen LogP contribution < -0.4 is 0 Å². The molecule has 0 unspecified atom stereocenters. The number of hydrogen-bond donors (Lipinski definition) is 1. The zero-order valence-corrected chi connectivity index (χ0v) is 12.6. The zero-order chi connectivity index (χ0) is 13.3. The van der Waals surface area contributed by atoms with Crippen molar-refractivity contribution < 1.29 is 5.11 Å². The van der Waals surface area contributed by atoms with E-state index in [4.69, 9.17) is 0 Å². The first-order chi connectivity index (χ1) is 8.54. The molecule has 3 heteroatoms. The molecule has 0 saturated heterocycles. The summed E-state index contributed by atoms with van der Waals surface area (Å²) >= 11 is 3.56. The summed E-state index contributed by atoms with van der Waals surface area (Å²) < 4.78 is 0.963. The lowest BCUT2D eigenvalue weighted by Crippen LogP contribution is -1.93. The van der Waals surface area contributed by atoms with Crippen LogP contribution in [0.15, 0.2) is 16.6 Å². The average Bonchev–Trinajstić information content (AvgIpc) is 2.35. The number of benzene rings is 1. The summed E-state index contributed by atoms with van der Waals surface area (Å²) in [7, 11) is 0. The summed E-state index contributed by atoms with van der Waals surface area (Å²) in [4.78, 5) is 4.55. The van der Waals surface area contributed by atoms with Crippen LogP contribution in [0, 0.1) is 13.8 Å². The molecule has 1 heterocycles. The van der Waals surface area contributed by atoms with Gasteiger partial charge in [0.25, 0.3) is 0 Å². The second-order valence-electron chi connectivity index (χ2n) is 4.75. The number of pyridine rings is 1. The highest BCUT2D eigenvalue weighted by atomic mass is 79.9. The van der Waals surface area contributed by atoms with Gasteiger partial charge < -0.3 is 5.11 Å².